The van der Waals surface area contributed by atoms with Gasteiger partial charge in [-0.1, -0.05) is 140 Å². The lowest BCUT2D eigenvalue weighted by Gasteiger charge is -2.09. The molecule has 0 radical (unpaired) electrons. The lowest BCUT2D eigenvalue weighted by molar-refractivity contribution is 0.104. The molecule has 0 atom stereocenters. The molecule has 0 N–H and O–H groups in total. The van der Waals surface area contributed by atoms with Crippen LogP contribution >= 0.6 is 0 Å². The van der Waals surface area contributed by atoms with Gasteiger partial charge in [0.1, 0.15) is 11.5 Å². The van der Waals surface area contributed by atoms with E-state index in [0.29, 0.717) is 18.8 Å². The van der Waals surface area contributed by atoms with E-state index in [9.17, 15) is 9.59 Å². The molecule has 0 heterocycles. The highest BCUT2D eigenvalue weighted by molar-refractivity contribution is 6.19. The van der Waals surface area contributed by atoms with Crippen LogP contribution in [0.25, 0.3) is 11.6 Å². The second kappa shape index (κ2) is 18.7. The molecule has 1 aliphatic rings. The number of ether oxygens (including phenoxy) is 2. The highest BCUT2D eigenvalue weighted by Crippen LogP contribution is 2.34. The van der Waals surface area contributed by atoms with Crippen LogP contribution in [0.2, 0.25) is 0 Å². The van der Waals surface area contributed by atoms with E-state index in [2.05, 4.69) is 48.5 Å². The summed E-state index contributed by atoms with van der Waals surface area (Å²) in [6.07, 6.45) is 9.06. The first-order valence-corrected chi connectivity index (χ1v) is 17.8. The highest BCUT2D eigenvalue weighted by atomic mass is 16.5. The summed E-state index contributed by atoms with van der Waals surface area (Å²) in [4.78, 5) is 24.5. The Hall–Kier alpha value is -6.26. The van der Waals surface area contributed by atoms with Crippen LogP contribution in [0.5, 0.6) is 11.5 Å². The third-order valence-corrected chi connectivity index (χ3v) is 8.69. The number of hydrogen-bond donors (Lipinski definition) is 0. The molecule has 0 unspecified atom stereocenters. The van der Waals surface area contributed by atoms with Gasteiger partial charge in [-0.05, 0) is 102 Å². The quantitative estimate of drug-likeness (QED) is 0.0652. The smallest absolute Gasteiger partial charge is 0.187 e. The summed E-state index contributed by atoms with van der Waals surface area (Å²) in [5.74, 6) is 1.63. The van der Waals surface area contributed by atoms with Crippen molar-refractivity contribution in [2.75, 3.05) is 13.2 Å². The lowest BCUT2D eigenvalue weighted by Crippen LogP contribution is -2.01. The maximum Gasteiger partial charge on any atom is 0.187 e. The molecular weight excluding hydrogens is 641 g/mol. The Labute approximate surface area is 306 Å². The van der Waals surface area contributed by atoms with Gasteiger partial charge in [0.2, 0.25) is 0 Å². The molecule has 0 fully saturated rings. The summed E-state index contributed by atoms with van der Waals surface area (Å²) in [5, 5.41) is 0. The summed E-state index contributed by atoms with van der Waals surface area (Å²) in [5.41, 5.74) is 8.05. The topological polar surface area (TPSA) is 52.6 Å². The Bertz CT molecular complexity index is 2100. The normalized spacial score (nSPS) is 11.7. The molecule has 52 heavy (non-hydrogen) atoms. The Morgan fingerprint density at radius 2 is 1.10 bits per heavy atom. The van der Waals surface area contributed by atoms with Crippen molar-refractivity contribution in [1.29, 1.82) is 0 Å². The van der Waals surface area contributed by atoms with E-state index in [0.717, 1.165) is 65.0 Å². The van der Waals surface area contributed by atoms with Gasteiger partial charge >= 0.3 is 0 Å². The lowest BCUT2D eigenvalue weighted by atomic mass is 9.99. The predicted molar refractivity (Wildman–Crippen MR) is 211 cm³/mol. The molecule has 6 aromatic carbocycles. The van der Waals surface area contributed by atoms with E-state index in [-0.39, 0.29) is 11.6 Å². The number of benzene rings is 6. The maximum atomic E-state index is 12.4. The van der Waals surface area contributed by atoms with E-state index >= 15 is 0 Å². The second-order valence-electron chi connectivity index (χ2n) is 12.5. The highest BCUT2D eigenvalue weighted by Gasteiger charge is 2.22. The molecule has 258 valence electrons. The van der Waals surface area contributed by atoms with Crippen molar-refractivity contribution in [2.24, 2.45) is 0 Å². The van der Waals surface area contributed by atoms with Gasteiger partial charge in [0, 0.05) is 11.1 Å². The van der Waals surface area contributed by atoms with Gasteiger partial charge in [-0.3, -0.25) is 9.59 Å². The van der Waals surface area contributed by atoms with Crippen molar-refractivity contribution in [3.8, 4) is 11.5 Å². The van der Waals surface area contributed by atoms with Crippen molar-refractivity contribution in [3.63, 3.8) is 0 Å². The first-order valence-electron chi connectivity index (χ1n) is 17.8. The Morgan fingerprint density at radius 3 is 1.71 bits per heavy atom. The van der Waals surface area contributed by atoms with E-state index in [1.54, 1.807) is 12.2 Å². The third kappa shape index (κ3) is 10.4. The molecular formula is C48H42O4. The number of aryl methyl sites for hydroxylation is 2. The van der Waals surface area contributed by atoms with Gasteiger partial charge in [-0.25, -0.2) is 0 Å². The number of ketones is 2. The van der Waals surface area contributed by atoms with Gasteiger partial charge in [0.15, 0.2) is 11.6 Å². The molecule has 0 amide bonds. The van der Waals surface area contributed by atoms with Gasteiger partial charge in [-0.2, -0.15) is 0 Å². The maximum absolute atomic E-state index is 12.4. The van der Waals surface area contributed by atoms with Crippen molar-refractivity contribution in [1.82, 2.24) is 0 Å². The third-order valence-electron chi connectivity index (χ3n) is 8.69. The van der Waals surface area contributed by atoms with Crippen LogP contribution in [0.1, 0.15) is 61.4 Å². The number of fused-ring (bicyclic) bond motifs is 1. The van der Waals surface area contributed by atoms with Crippen LogP contribution in [0.3, 0.4) is 0 Å². The molecule has 0 aromatic heterocycles. The molecule has 1 aliphatic carbocycles. The van der Waals surface area contributed by atoms with Crippen molar-refractivity contribution in [3.05, 3.63) is 215 Å². The summed E-state index contributed by atoms with van der Waals surface area (Å²) < 4.78 is 11.7. The van der Waals surface area contributed by atoms with Crippen molar-refractivity contribution in [2.45, 2.75) is 25.7 Å². The fourth-order valence-electron chi connectivity index (χ4n) is 6.00. The molecule has 4 heteroatoms. The van der Waals surface area contributed by atoms with Gasteiger partial charge in [0.05, 0.1) is 13.2 Å². The van der Waals surface area contributed by atoms with Crippen LogP contribution in [0.4, 0.5) is 0 Å². The zero-order chi connectivity index (χ0) is 35.8. The van der Waals surface area contributed by atoms with Crippen LogP contribution in [-0.4, -0.2) is 24.8 Å². The van der Waals surface area contributed by atoms with E-state index < -0.39 is 0 Å². The monoisotopic (exact) mass is 682 g/mol. The van der Waals surface area contributed by atoms with E-state index in [4.69, 9.17) is 9.47 Å². The Kier molecular flexibility index (Phi) is 12.8. The Balaban J connectivity index is 0.000000179. The van der Waals surface area contributed by atoms with Crippen LogP contribution in [0, 0.1) is 0 Å². The average molecular weight is 683 g/mol. The first-order chi connectivity index (χ1) is 25.6. The molecule has 4 nitrogen and oxygen atoms in total. The molecule has 0 aliphatic heterocycles. The standard InChI is InChI=1S/C24H20O2.C24H22O2/c25-24-17-22(19-11-5-2-6-12-19)21-14-13-20(16-23(21)24)26-15-7-10-18-8-3-1-4-9-18;25-24(22-13-5-2-6-14-22)17-16-21-11-7-15-23(19-21)26-18-8-12-20-9-3-1-4-10-20/h1-6,8-9,11-14,16-17H,7,10,15H2;1-7,9-11,13-17,19H,8,12,18H2. The summed E-state index contributed by atoms with van der Waals surface area (Å²) in [6, 6.07) is 53.7. The zero-order valence-corrected chi connectivity index (χ0v) is 29.2. The minimum atomic E-state index is -0.000201. The summed E-state index contributed by atoms with van der Waals surface area (Å²) >= 11 is 0. The van der Waals surface area contributed by atoms with Crippen LogP contribution in [-0.2, 0) is 12.8 Å². The predicted octanol–water partition coefficient (Wildman–Crippen LogP) is 10.9. The zero-order valence-electron chi connectivity index (χ0n) is 29.2. The fourth-order valence-corrected chi connectivity index (χ4v) is 6.00. The van der Waals surface area contributed by atoms with Gasteiger partial charge in [0.25, 0.3) is 0 Å². The van der Waals surface area contributed by atoms with Gasteiger partial charge in [-0.15, -0.1) is 0 Å². The second-order valence-corrected chi connectivity index (χ2v) is 12.5. The molecule has 0 bridgehead atoms. The fraction of sp³-hybridized carbons (Fsp3) is 0.125. The number of allylic oxidation sites excluding steroid dienone is 2. The average Bonchev–Trinajstić information content (AvgIpc) is 3.54. The van der Waals surface area contributed by atoms with Crippen molar-refractivity contribution < 1.29 is 19.1 Å². The van der Waals surface area contributed by atoms with E-state index in [1.807, 2.05) is 121 Å². The van der Waals surface area contributed by atoms with Crippen LogP contribution < -0.4 is 9.47 Å². The molecule has 7 rings (SSSR count). The Morgan fingerprint density at radius 1 is 0.538 bits per heavy atom. The first kappa shape index (κ1) is 35.6. The summed E-state index contributed by atoms with van der Waals surface area (Å²) in [6.45, 7) is 1.31. The number of rotatable bonds is 14. The molecule has 0 saturated carbocycles. The minimum Gasteiger partial charge on any atom is -0.494 e. The molecule has 0 saturated heterocycles. The summed E-state index contributed by atoms with van der Waals surface area (Å²) in [7, 11) is 0. The SMILES string of the molecule is O=C(C=Cc1cccc(OCCCc2ccccc2)c1)c1ccccc1.O=C1C=C(c2ccccc2)c2ccc(OCCCc3ccccc3)cc21. The van der Waals surface area contributed by atoms with Crippen LogP contribution in [0.15, 0.2) is 176 Å². The van der Waals surface area contributed by atoms with Crippen molar-refractivity contribution >= 4 is 23.2 Å². The molecule has 6 aromatic rings. The molecule has 0 spiro atoms. The van der Waals surface area contributed by atoms with Gasteiger partial charge < -0.3 is 9.47 Å². The number of carbonyl (C=O) groups is 2. The van der Waals surface area contributed by atoms with E-state index in [1.165, 1.54) is 11.1 Å². The minimum absolute atomic E-state index is 0.000201. The number of carbonyl (C=O) groups excluding carboxylic acids is 2. The largest absolute Gasteiger partial charge is 0.494 e. The number of hydrogen-bond acceptors (Lipinski definition) is 4.